The number of piperidine rings is 1. The molecule has 5 rings (SSSR count). The lowest BCUT2D eigenvalue weighted by atomic mass is 9.72. The number of para-hydroxylation sites is 1. The van der Waals surface area contributed by atoms with Gasteiger partial charge in [0.2, 0.25) is 5.91 Å². The number of piperazine rings is 1. The van der Waals surface area contributed by atoms with Gasteiger partial charge in [-0.25, -0.2) is 0 Å². The van der Waals surface area contributed by atoms with E-state index in [2.05, 4.69) is 76.3 Å². The first-order chi connectivity index (χ1) is 16.5. The highest BCUT2D eigenvalue weighted by Crippen LogP contribution is 2.38. The van der Waals surface area contributed by atoms with Crippen LogP contribution in [-0.4, -0.2) is 97.3 Å². The molecule has 3 saturated heterocycles. The summed E-state index contributed by atoms with van der Waals surface area (Å²) in [6.07, 6.45) is 2.06. The highest BCUT2D eigenvalue weighted by Gasteiger charge is 2.47. The summed E-state index contributed by atoms with van der Waals surface area (Å²) in [5, 5.41) is 11.0. The van der Waals surface area contributed by atoms with Gasteiger partial charge in [0.25, 0.3) is 0 Å². The van der Waals surface area contributed by atoms with Crippen LogP contribution in [0.2, 0.25) is 0 Å². The van der Waals surface area contributed by atoms with Crippen LogP contribution in [0.15, 0.2) is 60.7 Å². The third-order valence-electron chi connectivity index (χ3n) is 8.23. The number of aliphatic hydroxyl groups is 1. The molecule has 0 spiro atoms. The number of carbonyl (C=O) groups is 1. The van der Waals surface area contributed by atoms with Gasteiger partial charge in [0.05, 0.1) is 17.6 Å². The Morgan fingerprint density at radius 3 is 2.15 bits per heavy atom. The maximum atomic E-state index is 14.0. The molecule has 3 aliphatic rings. The van der Waals surface area contributed by atoms with E-state index in [-0.39, 0.29) is 17.4 Å². The van der Waals surface area contributed by atoms with Gasteiger partial charge in [0, 0.05) is 45.0 Å². The number of hydrogen-bond donors (Lipinski definition) is 1. The fourth-order valence-electron chi connectivity index (χ4n) is 6.08. The molecule has 3 aliphatic heterocycles. The summed E-state index contributed by atoms with van der Waals surface area (Å²) in [7, 11) is 2.14. The molecule has 0 unspecified atom stereocenters. The molecule has 2 aromatic rings. The van der Waals surface area contributed by atoms with Crippen molar-refractivity contribution in [2.75, 3.05) is 64.3 Å². The van der Waals surface area contributed by atoms with Crippen molar-refractivity contribution in [1.82, 2.24) is 14.7 Å². The number of β-amino-alcohol motifs (C(OH)–C–C–N with tert-alkyl or cyclic N) is 1. The Balaban J connectivity index is 1.25. The quantitative estimate of drug-likeness (QED) is 0.739. The summed E-state index contributed by atoms with van der Waals surface area (Å²) < 4.78 is 0. The Morgan fingerprint density at radius 1 is 0.882 bits per heavy atom. The zero-order valence-electron chi connectivity index (χ0n) is 20.4. The van der Waals surface area contributed by atoms with Crippen LogP contribution in [0, 0.1) is 5.41 Å². The standard InChI is InChI=1S/C28H38N4O2/c1-29-14-12-28(13-15-29,20-23-8-4-2-5-9-23)27(34)32-21-25(26(33)22-32)31-18-16-30(17-19-31)24-10-6-3-7-11-24/h2-11,25-26,33H,12-22H2,1H3/t25-,26-/m0/s1. The molecule has 6 nitrogen and oxygen atoms in total. The lowest BCUT2D eigenvalue weighted by Crippen LogP contribution is -2.54. The Kier molecular flexibility index (Phi) is 6.91. The molecule has 3 heterocycles. The molecule has 1 amide bonds. The first-order valence-corrected chi connectivity index (χ1v) is 12.8. The predicted octanol–water partition coefficient (Wildman–Crippen LogP) is 2.33. The van der Waals surface area contributed by atoms with Crippen molar-refractivity contribution in [2.24, 2.45) is 5.41 Å². The monoisotopic (exact) mass is 462 g/mol. The number of anilines is 1. The minimum absolute atomic E-state index is 0.0295. The summed E-state index contributed by atoms with van der Waals surface area (Å²) >= 11 is 0. The third-order valence-corrected chi connectivity index (χ3v) is 8.23. The molecule has 3 fully saturated rings. The molecule has 1 N–H and O–H groups in total. The second kappa shape index (κ2) is 10.1. The minimum atomic E-state index is -0.479. The van der Waals surface area contributed by atoms with Gasteiger partial charge in [-0.05, 0) is 57.1 Å². The first kappa shape index (κ1) is 23.3. The van der Waals surface area contributed by atoms with Crippen LogP contribution >= 0.6 is 0 Å². The second-order valence-corrected chi connectivity index (χ2v) is 10.4. The Labute approximate surface area is 203 Å². The van der Waals surface area contributed by atoms with Gasteiger partial charge in [-0.15, -0.1) is 0 Å². The van der Waals surface area contributed by atoms with Crippen LogP contribution < -0.4 is 4.90 Å². The van der Waals surface area contributed by atoms with Gasteiger partial charge in [0.1, 0.15) is 0 Å². The van der Waals surface area contributed by atoms with E-state index in [0.717, 1.165) is 58.5 Å². The van der Waals surface area contributed by atoms with Gasteiger partial charge in [-0.2, -0.15) is 0 Å². The summed E-state index contributed by atoms with van der Waals surface area (Å²) in [5.74, 6) is 0.244. The lowest BCUT2D eigenvalue weighted by Gasteiger charge is -2.42. The van der Waals surface area contributed by atoms with Crippen LogP contribution in [0.5, 0.6) is 0 Å². The number of benzene rings is 2. The fourth-order valence-corrected chi connectivity index (χ4v) is 6.08. The molecule has 2 aromatic carbocycles. The molecule has 2 atom stereocenters. The van der Waals surface area contributed by atoms with Crippen molar-refractivity contribution in [3.8, 4) is 0 Å². The van der Waals surface area contributed by atoms with Crippen LogP contribution in [0.25, 0.3) is 0 Å². The van der Waals surface area contributed by atoms with Gasteiger partial charge < -0.3 is 19.8 Å². The van der Waals surface area contributed by atoms with Gasteiger partial charge in [-0.1, -0.05) is 48.5 Å². The average Bonchev–Trinajstić information content (AvgIpc) is 3.28. The highest BCUT2D eigenvalue weighted by atomic mass is 16.3. The average molecular weight is 463 g/mol. The molecule has 34 heavy (non-hydrogen) atoms. The van der Waals surface area contributed by atoms with E-state index in [1.165, 1.54) is 11.3 Å². The van der Waals surface area contributed by atoms with E-state index in [1.807, 2.05) is 11.0 Å². The van der Waals surface area contributed by atoms with E-state index in [1.54, 1.807) is 0 Å². The fraction of sp³-hybridized carbons (Fsp3) is 0.536. The number of carbonyl (C=O) groups excluding carboxylic acids is 1. The van der Waals surface area contributed by atoms with Crippen molar-refractivity contribution in [2.45, 2.75) is 31.4 Å². The molecule has 0 saturated carbocycles. The molecule has 0 aliphatic carbocycles. The number of rotatable bonds is 5. The smallest absolute Gasteiger partial charge is 0.229 e. The van der Waals surface area contributed by atoms with Crippen LogP contribution in [0.1, 0.15) is 18.4 Å². The molecule has 0 bridgehead atoms. The van der Waals surface area contributed by atoms with E-state index < -0.39 is 6.10 Å². The van der Waals surface area contributed by atoms with Crippen LogP contribution in [0.4, 0.5) is 5.69 Å². The number of amides is 1. The third kappa shape index (κ3) is 4.85. The molecular weight excluding hydrogens is 424 g/mol. The summed E-state index contributed by atoms with van der Waals surface area (Å²) in [5.41, 5.74) is 2.12. The Hall–Kier alpha value is -2.41. The zero-order valence-corrected chi connectivity index (χ0v) is 20.4. The number of aliphatic hydroxyl groups excluding tert-OH is 1. The van der Waals surface area contributed by atoms with E-state index in [0.29, 0.717) is 13.1 Å². The van der Waals surface area contributed by atoms with E-state index in [9.17, 15) is 9.90 Å². The second-order valence-electron chi connectivity index (χ2n) is 10.4. The molecule has 0 radical (unpaired) electrons. The Bertz CT molecular complexity index is 937. The topological polar surface area (TPSA) is 50.3 Å². The zero-order chi connectivity index (χ0) is 23.5. The SMILES string of the molecule is CN1CCC(Cc2ccccc2)(C(=O)N2C[C@H](O)[C@@H](N3CCN(c4ccccc4)CC3)C2)CC1. The Morgan fingerprint density at radius 2 is 1.50 bits per heavy atom. The van der Waals surface area contributed by atoms with Gasteiger partial charge in [-0.3, -0.25) is 9.69 Å². The number of hydrogen-bond acceptors (Lipinski definition) is 5. The predicted molar refractivity (Wildman–Crippen MR) is 136 cm³/mol. The molecule has 0 aromatic heterocycles. The lowest BCUT2D eigenvalue weighted by molar-refractivity contribution is -0.144. The van der Waals surface area contributed by atoms with E-state index in [4.69, 9.17) is 0 Å². The maximum Gasteiger partial charge on any atom is 0.229 e. The molecule has 182 valence electrons. The van der Waals surface area contributed by atoms with Crippen molar-refractivity contribution >= 4 is 11.6 Å². The van der Waals surface area contributed by atoms with Crippen LogP contribution in [0.3, 0.4) is 0 Å². The molecule has 6 heteroatoms. The summed E-state index contributed by atoms with van der Waals surface area (Å²) in [6.45, 7) is 6.71. The first-order valence-electron chi connectivity index (χ1n) is 12.8. The van der Waals surface area contributed by atoms with Gasteiger partial charge >= 0.3 is 0 Å². The van der Waals surface area contributed by atoms with E-state index >= 15 is 0 Å². The number of likely N-dealkylation sites (tertiary alicyclic amines) is 2. The highest BCUT2D eigenvalue weighted by molar-refractivity contribution is 5.83. The summed E-state index contributed by atoms with van der Waals surface area (Å²) in [4.78, 5) is 23.1. The van der Waals surface area contributed by atoms with Crippen LogP contribution in [-0.2, 0) is 11.2 Å². The van der Waals surface area contributed by atoms with Gasteiger partial charge in [0.15, 0.2) is 0 Å². The van der Waals surface area contributed by atoms with Crippen molar-refractivity contribution in [3.63, 3.8) is 0 Å². The van der Waals surface area contributed by atoms with Crippen molar-refractivity contribution in [1.29, 1.82) is 0 Å². The minimum Gasteiger partial charge on any atom is -0.390 e. The summed E-state index contributed by atoms with van der Waals surface area (Å²) in [6, 6.07) is 21.0. The van der Waals surface area contributed by atoms with Crippen molar-refractivity contribution < 1.29 is 9.90 Å². The maximum absolute atomic E-state index is 14.0. The molecular formula is C28H38N4O2. The van der Waals surface area contributed by atoms with Crippen molar-refractivity contribution in [3.05, 3.63) is 66.2 Å². The normalized spacial score (nSPS) is 26.1. The number of nitrogens with zero attached hydrogens (tertiary/aromatic N) is 4. The largest absolute Gasteiger partial charge is 0.390 e.